The first kappa shape index (κ1) is 6.54. The summed E-state index contributed by atoms with van der Waals surface area (Å²) in [6, 6.07) is 0. The molecule has 0 spiro atoms. The molecule has 2 heterocycles. The lowest BCUT2D eigenvalue weighted by Crippen LogP contribution is -2.29. The number of aliphatic hydroxyl groups is 2. The maximum atomic E-state index is 9.20. The molecule has 0 aromatic heterocycles. The molecule has 2 aliphatic rings. The second-order valence-electron chi connectivity index (χ2n) is 2.75. The molecule has 0 amide bonds. The molecule has 2 N–H and O–H groups in total. The van der Waals surface area contributed by atoms with Gasteiger partial charge >= 0.3 is 0 Å². The van der Waals surface area contributed by atoms with Crippen molar-refractivity contribution in [1.29, 1.82) is 0 Å². The number of hydrogen-bond acceptors (Lipinski definition) is 4. The molecular formula is C6H10O4. The largest absolute Gasteiger partial charge is 0.390 e. The summed E-state index contributed by atoms with van der Waals surface area (Å²) in [5.41, 5.74) is 0. The molecule has 2 saturated heterocycles. The fraction of sp³-hybridized carbons (Fsp3) is 1.00. The molecule has 0 saturated carbocycles. The standard InChI is InChI=1S/C6H10O4/c7-3-1-9-6-5(3)4(8)2-10-6/h3-8H,1-2H2/t3-,4-,5-,6+/m1/s1. The van der Waals surface area contributed by atoms with Crippen molar-refractivity contribution < 1.29 is 19.7 Å². The normalized spacial score (nSPS) is 53.4. The van der Waals surface area contributed by atoms with Crippen molar-refractivity contribution in [2.45, 2.75) is 18.5 Å². The van der Waals surface area contributed by atoms with Crippen molar-refractivity contribution in [2.24, 2.45) is 5.92 Å². The van der Waals surface area contributed by atoms with Crippen LogP contribution in [0.1, 0.15) is 0 Å². The molecular weight excluding hydrogens is 136 g/mol. The third-order valence-corrected chi connectivity index (χ3v) is 2.07. The van der Waals surface area contributed by atoms with Gasteiger partial charge in [0, 0.05) is 0 Å². The Balaban J connectivity index is 2.11. The quantitative estimate of drug-likeness (QED) is 0.446. The van der Waals surface area contributed by atoms with E-state index in [-0.39, 0.29) is 25.4 Å². The second-order valence-corrected chi connectivity index (χ2v) is 2.75. The van der Waals surface area contributed by atoms with Gasteiger partial charge in [-0.25, -0.2) is 0 Å². The van der Waals surface area contributed by atoms with Crippen LogP contribution in [0.5, 0.6) is 0 Å². The molecule has 58 valence electrons. The molecule has 2 aliphatic heterocycles. The average Bonchev–Trinajstić information content (AvgIpc) is 2.40. The minimum atomic E-state index is -0.553. The lowest BCUT2D eigenvalue weighted by atomic mass is 10.0. The van der Waals surface area contributed by atoms with Gasteiger partial charge in [-0.3, -0.25) is 0 Å². The molecule has 4 nitrogen and oxygen atoms in total. The Labute approximate surface area is 58.4 Å². The van der Waals surface area contributed by atoms with Gasteiger partial charge in [0.2, 0.25) is 0 Å². The van der Waals surface area contributed by atoms with Crippen LogP contribution in [-0.4, -0.2) is 41.9 Å². The van der Waals surface area contributed by atoms with Crippen molar-refractivity contribution in [2.75, 3.05) is 13.2 Å². The monoisotopic (exact) mass is 146 g/mol. The van der Waals surface area contributed by atoms with Crippen LogP contribution in [0.2, 0.25) is 0 Å². The van der Waals surface area contributed by atoms with Gasteiger partial charge in [0.05, 0.1) is 31.3 Å². The highest BCUT2D eigenvalue weighted by Crippen LogP contribution is 2.31. The third-order valence-electron chi connectivity index (χ3n) is 2.07. The highest BCUT2D eigenvalue weighted by Gasteiger charge is 2.46. The molecule has 10 heavy (non-hydrogen) atoms. The molecule has 0 aliphatic carbocycles. The summed E-state index contributed by atoms with van der Waals surface area (Å²) in [6.07, 6.45) is -1.48. The van der Waals surface area contributed by atoms with Gasteiger partial charge in [-0.15, -0.1) is 0 Å². The summed E-state index contributed by atoms with van der Waals surface area (Å²) in [5, 5.41) is 18.4. The van der Waals surface area contributed by atoms with E-state index < -0.39 is 12.2 Å². The van der Waals surface area contributed by atoms with Gasteiger partial charge in [-0.1, -0.05) is 0 Å². The lowest BCUT2D eigenvalue weighted by molar-refractivity contribution is -0.0911. The number of aliphatic hydroxyl groups excluding tert-OH is 2. The first-order valence-electron chi connectivity index (χ1n) is 3.38. The topological polar surface area (TPSA) is 58.9 Å². The van der Waals surface area contributed by atoms with Gasteiger partial charge in [0.15, 0.2) is 6.29 Å². The van der Waals surface area contributed by atoms with Crippen LogP contribution in [0.4, 0.5) is 0 Å². The average molecular weight is 146 g/mol. The van der Waals surface area contributed by atoms with Crippen LogP contribution in [0.25, 0.3) is 0 Å². The fourth-order valence-corrected chi connectivity index (χ4v) is 1.50. The molecule has 0 radical (unpaired) electrons. The summed E-state index contributed by atoms with van der Waals surface area (Å²) in [4.78, 5) is 0. The maximum absolute atomic E-state index is 9.20. The zero-order chi connectivity index (χ0) is 7.14. The second kappa shape index (κ2) is 2.17. The first-order chi connectivity index (χ1) is 4.79. The number of hydrogen-bond donors (Lipinski definition) is 2. The molecule has 2 fully saturated rings. The minimum Gasteiger partial charge on any atom is -0.390 e. The van der Waals surface area contributed by atoms with Crippen LogP contribution in [-0.2, 0) is 9.47 Å². The van der Waals surface area contributed by atoms with Crippen LogP contribution >= 0.6 is 0 Å². The van der Waals surface area contributed by atoms with Gasteiger partial charge < -0.3 is 19.7 Å². The van der Waals surface area contributed by atoms with Crippen molar-refractivity contribution in [3.8, 4) is 0 Å². The van der Waals surface area contributed by atoms with Crippen LogP contribution in [0, 0.1) is 5.92 Å². The zero-order valence-corrected chi connectivity index (χ0v) is 5.43. The third kappa shape index (κ3) is 0.769. The molecule has 0 unspecified atom stereocenters. The van der Waals surface area contributed by atoms with E-state index >= 15 is 0 Å². The summed E-state index contributed by atoms with van der Waals surface area (Å²) >= 11 is 0. The molecule has 4 heteroatoms. The van der Waals surface area contributed by atoms with Gasteiger partial charge in [0.25, 0.3) is 0 Å². The highest BCUT2D eigenvalue weighted by atomic mass is 16.7. The lowest BCUT2D eigenvalue weighted by Gasteiger charge is -2.11. The Hall–Kier alpha value is -0.160. The molecule has 0 aromatic rings. The summed E-state index contributed by atoms with van der Waals surface area (Å²) in [5.74, 6) is -0.222. The van der Waals surface area contributed by atoms with E-state index in [1.54, 1.807) is 0 Å². The Kier molecular flexibility index (Phi) is 1.42. The van der Waals surface area contributed by atoms with E-state index in [2.05, 4.69) is 0 Å². The minimum absolute atomic E-state index is 0.222. The van der Waals surface area contributed by atoms with Crippen molar-refractivity contribution in [1.82, 2.24) is 0 Å². The highest BCUT2D eigenvalue weighted by molar-refractivity contribution is 4.88. The fourth-order valence-electron chi connectivity index (χ4n) is 1.50. The van der Waals surface area contributed by atoms with E-state index in [0.717, 1.165) is 0 Å². The summed E-state index contributed by atoms with van der Waals surface area (Å²) in [7, 11) is 0. The molecule has 0 bridgehead atoms. The first-order valence-corrected chi connectivity index (χ1v) is 3.38. The smallest absolute Gasteiger partial charge is 0.165 e. The Bertz CT molecular complexity index is 124. The van der Waals surface area contributed by atoms with Crippen LogP contribution in [0.15, 0.2) is 0 Å². The van der Waals surface area contributed by atoms with E-state index in [4.69, 9.17) is 9.47 Å². The van der Waals surface area contributed by atoms with Crippen molar-refractivity contribution >= 4 is 0 Å². The SMILES string of the molecule is O[C@@H]1CO[C@H]2OC[C@@H](O)[C@H]21. The Morgan fingerprint density at radius 1 is 1.00 bits per heavy atom. The maximum Gasteiger partial charge on any atom is 0.165 e. The van der Waals surface area contributed by atoms with Crippen LogP contribution < -0.4 is 0 Å². The Morgan fingerprint density at radius 3 is 1.90 bits per heavy atom. The number of rotatable bonds is 0. The number of fused-ring (bicyclic) bond motifs is 1. The molecule has 2 atom stereocenters. The molecule has 2 rings (SSSR count). The molecule has 0 aromatic carbocycles. The Morgan fingerprint density at radius 2 is 1.50 bits per heavy atom. The predicted molar refractivity (Wildman–Crippen MR) is 31.2 cm³/mol. The predicted octanol–water partition coefficient (Wildman–Crippen LogP) is -1.29. The van der Waals surface area contributed by atoms with Gasteiger partial charge in [-0.05, 0) is 0 Å². The zero-order valence-electron chi connectivity index (χ0n) is 5.43. The van der Waals surface area contributed by atoms with Gasteiger partial charge in [0.1, 0.15) is 0 Å². The van der Waals surface area contributed by atoms with E-state index in [9.17, 15) is 10.2 Å². The van der Waals surface area contributed by atoms with Crippen molar-refractivity contribution in [3.63, 3.8) is 0 Å². The van der Waals surface area contributed by atoms with E-state index in [1.807, 2.05) is 0 Å². The van der Waals surface area contributed by atoms with Gasteiger partial charge in [-0.2, -0.15) is 0 Å². The van der Waals surface area contributed by atoms with Crippen molar-refractivity contribution in [3.05, 3.63) is 0 Å². The summed E-state index contributed by atoms with van der Waals surface area (Å²) < 4.78 is 10.1. The summed E-state index contributed by atoms with van der Waals surface area (Å²) in [6.45, 7) is 0.568. The number of ether oxygens (including phenoxy) is 2. The van der Waals surface area contributed by atoms with E-state index in [1.165, 1.54) is 0 Å². The van der Waals surface area contributed by atoms with E-state index in [0.29, 0.717) is 0 Å². The van der Waals surface area contributed by atoms with Crippen LogP contribution in [0.3, 0.4) is 0 Å².